The van der Waals surface area contributed by atoms with Crippen LogP contribution in [0.15, 0.2) is 30.3 Å². The number of nitrogens with two attached hydrogens (primary N) is 1. The second-order valence-corrected chi connectivity index (χ2v) is 8.35. The van der Waals surface area contributed by atoms with E-state index in [2.05, 4.69) is 12.1 Å². The molecule has 3 rings (SSSR count). The van der Waals surface area contributed by atoms with E-state index in [-0.39, 0.29) is 30.1 Å². The van der Waals surface area contributed by atoms with Gasteiger partial charge in [0.25, 0.3) is 0 Å². The second-order valence-electron chi connectivity index (χ2n) is 8.35. The summed E-state index contributed by atoms with van der Waals surface area (Å²) in [6.07, 6.45) is 6.15. The second kappa shape index (κ2) is 10.3. The Morgan fingerprint density at radius 3 is 2.43 bits per heavy atom. The van der Waals surface area contributed by atoms with Crippen LogP contribution in [-0.4, -0.2) is 53.3 Å². The quantitative estimate of drug-likeness (QED) is 0.834. The molecule has 1 heterocycles. The number of hydrogen-bond donors (Lipinski definition) is 1. The fraction of sp³-hybridized carbons (Fsp3) is 0.636. The molecule has 1 aromatic rings. The molecule has 1 saturated carbocycles. The molecule has 0 bridgehead atoms. The third kappa shape index (κ3) is 5.71. The summed E-state index contributed by atoms with van der Waals surface area (Å²) in [6.45, 7) is 4.75. The average molecular weight is 408 g/mol. The third-order valence-electron chi connectivity index (χ3n) is 6.18. The lowest BCUT2D eigenvalue weighted by molar-refractivity contribution is -0.139. The molecule has 1 aromatic carbocycles. The summed E-state index contributed by atoms with van der Waals surface area (Å²) in [5.41, 5.74) is 7.22. The Kier molecular flexibility index (Phi) is 8.32. The Morgan fingerprint density at radius 1 is 1.04 bits per heavy atom. The lowest BCUT2D eigenvalue weighted by Gasteiger charge is -2.39. The van der Waals surface area contributed by atoms with Crippen LogP contribution in [0.5, 0.6) is 0 Å². The first-order valence-corrected chi connectivity index (χ1v) is 10.4. The maximum absolute atomic E-state index is 13.1. The van der Waals surface area contributed by atoms with E-state index in [0.29, 0.717) is 19.5 Å². The van der Waals surface area contributed by atoms with E-state index in [4.69, 9.17) is 5.73 Å². The van der Waals surface area contributed by atoms with Crippen LogP contribution < -0.4 is 5.73 Å². The predicted octanol–water partition coefficient (Wildman–Crippen LogP) is 3.01. The van der Waals surface area contributed by atoms with Crippen molar-refractivity contribution < 1.29 is 9.59 Å². The first-order valence-electron chi connectivity index (χ1n) is 10.4. The van der Waals surface area contributed by atoms with Crippen molar-refractivity contribution in [1.82, 2.24) is 9.80 Å². The van der Waals surface area contributed by atoms with Gasteiger partial charge in [0.2, 0.25) is 11.8 Å². The summed E-state index contributed by atoms with van der Waals surface area (Å²) in [6, 6.07) is 10.1. The molecule has 28 heavy (non-hydrogen) atoms. The van der Waals surface area contributed by atoms with Gasteiger partial charge in [-0.1, -0.05) is 43.2 Å². The SMILES string of the molecule is CC1(N)CCCCC1C(=O)N1CCCN(C(=O)CCc2ccccc2)CC1.Cl. The molecule has 2 atom stereocenters. The number of carbonyl (C=O) groups excluding carboxylic acids is 2. The van der Waals surface area contributed by atoms with Gasteiger partial charge in [-0.05, 0) is 38.2 Å². The highest BCUT2D eigenvalue weighted by molar-refractivity contribution is 5.85. The highest BCUT2D eigenvalue weighted by atomic mass is 35.5. The van der Waals surface area contributed by atoms with Gasteiger partial charge >= 0.3 is 0 Å². The van der Waals surface area contributed by atoms with Crippen LogP contribution in [0.3, 0.4) is 0 Å². The Hall–Kier alpha value is -1.59. The number of hydrogen-bond acceptors (Lipinski definition) is 3. The molecule has 1 aliphatic heterocycles. The van der Waals surface area contributed by atoms with Gasteiger partial charge in [-0.3, -0.25) is 9.59 Å². The van der Waals surface area contributed by atoms with Gasteiger partial charge in [-0.2, -0.15) is 0 Å². The zero-order valence-corrected chi connectivity index (χ0v) is 17.8. The van der Waals surface area contributed by atoms with Crippen LogP contribution in [-0.2, 0) is 16.0 Å². The van der Waals surface area contributed by atoms with Crippen molar-refractivity contribution in [3.05, 3.63) is 35.9 Å². The molecule has 156 valence electrons. The van der Waals surface area contributed by atoms with Gasteiger partial charge in [0.05, 0.1) is 5.92 Å². The molecular formula is C22H34ClN3O2. The van der Waals surface area contributed by atoms with E-state index in [0.717, 1.165) is 51.6 Å². The third-order valence-corrected chi connectivity index (χ3v) is 6.18. The number of halogens is 1. The monoisotopic (exact) mass is 407 g/mol. The molecule has 0 aromatic heterocycles. The van der Waals surface area contributed by atoms with Crippen molar-refractivity contribution in [2.75, 3.05) is 26.2 Å². The minimum absolute atomic E-state index is 0. The summed E-state index contributed by atoms with van der Waals surface area (Å²) in [5, 5.41) is 0. The standard InChI is InChI=1S/C22H33N3O2.ClH/c1-22(23)13-6-5-10-19(22)21(27)25-15-7-14-24(16-17-25)20(26)12-11-18-8-3-2-4-9-18;/h2-4,8-9,19H,5-7,10-17,23H2,1H3;1H. The van der Waals surface area contributed by atoms with Crippen molar-refractivity contribution in [2.45, 2.75) is 57.4 Å². The minimum atomic E-state index is -0.396. The van der Waals surface area contributed by atoms with Gasteiger partial charge in [0.15, 0.2) is 0 Å². The van der Waals surface area contributed by atoms with Crippen LogP contribution >= 0.6 is 12.4 Å². The smallest absolute Gasteiger partial charge is 0.227 e. The number of rotatable bonds is 4. The van der Waals surface area contributed by atoms with Crippen molar-refractivity contribution in [3.63, 3.8) is 0 Å². The molecule has 2 N–H and O–H groups in total. The summed E-state index contributed by atoms with van der Waals surface area (Å²) in [4.78, 5) is 29.5. The Bertz CT molecular complexity index is 650. The molecule has 0 spiro atoms. The van der Waals surface area contributed by atoms with Crippen LogP contribution in [0.25, 0.3) is 0 Å². The normalized spacial score (nSPS) is 25.6. The highest BCUT2D eigenvalue weighted by Gasteiger charge is 2.40. The number of amides is 2. The van der Waals surface area contributed by atoms with E-state index in [1.165, 1.54) is 5.56 Å². The first kappa shape index (κ1) is 22.7. The van der Waals surface area contributed by atoms with Gasteiger partial charge in [-0.25, -0.2) is 0 Å². The van der Waals surface area contributed by atoms with Gasteiger partial charge in [0, 0.05) is 38.1 Å². The molecule has 5 nitrogen and oxygen atoms in total. The Morgan fingerprint density at radius 2 is 1.71 bits per heavy atom. The van der Waals surface area contributed by atoms with E-state index in [9.17, 15) is 9.59 Å². The lowest BCUT2D eigenvalue weighted by Crippen LogP contribution is -2.54. The molecular weight excluding hydrogens is 374 g/mol. The zero-order valence-electron chi connectivity index (χ0n) is 16.9. The molecule has 2 amide bonds. The number of aryl methyl sites for hydroxylation is 1. The summed E-state index contributed by atoms with van der Waals surface area (Å²) in [7, 11) is 0. The summed E-state index contributed by atoms with van der Waals surface area (Å²) < 4.78 is 0. The first-order chi connectivity index (χ1) is 13.0. The van der Waals surface area contributed by atoms with E-state index in [1.54, 1.807) is 0 Å². The molecule has 2 fully saturated rings. The fourth-order valence-electron chi connectivity index (χ4n) is 4.43. The van der Waals surface area contributed by atoms with Gasteiger partial charge in [-0.15, -0.1) is 12.4 Å². The molecule has 2 aliphatic rings. The van der Waals surface area contributed by atoms with Crippen molar-refractivity contribution >= 4 is 24.2 Å². The van der Waals surface area contributed by atoms with Gasteiger partial charge in [0.1, 0.15) is 0 Å². The van der Waals surface area contributed by atoms with Crippen molar-refractivity contribution in [2.24, 2.45) is 11.7 Å². The van der Waals surface area contributed by atoms with E-state index >= 15 is 0 Å². The van der Waals surface area contributed by atoms with Gasteiger partial charge < -0.3 is 15.5 Å². The molecule has 6 heteroatoms. The highest BCUT2D eigenvalue weighted by Crippen LogP contribution is 2.33. The van der Waals surface area contributed by atoms with Crippen LogP contribution in [0, 0.1) is 5.92 Å². The van der Waals surface area contributed by atoms with Crippen LogP contribution in [0.2, 0.25) is 0 Å². The Balaban J connectivity index is 0.00000280. The van der Waals surface area contributed by atoms with Crippen LogP contribution in [0.1, 0.15) is 51.0 Å². The maximum Gasteiger partial charge on any atom is 0.227 e. The fourth-order valence-corrected chi connectivity index (χ4v) is 4.43. The molecule has 1 saturated heterocycles. The number of nitrogens with zero attached hydrogens (tertiary/aromatic N) is 2. The van der Waals surface area contributed by atoms with E-state index < -0.39 is 5.54 Å². The largest absolute Gasteiger partial charge is 0.341 e. The topological polar surface area (TPSA) is 66.6 Å². The number of benzene rings is 1. The Labute approximate surface area is 175 Å². The predicted molar refractivity (Wildman–Crippen MR) is 114 cm³/mol. The average Bonchev–Trinajstić information content (AvgIpc) is 2.92. The maximum atomic E-state index is 13.1. The minimum Gasteiger partial charge on any atom is -0.341 e. The zero-order chi connectivity index (χ0) is 19.3. The molecule has 2 unspecified atom stereocenters. The van der Waals surface area contributed by atoms with Crippen LogP contribution in [0.4, 0.5) is 0 Å². The summed E-state index contributed by atoms with van der Waals surface area (Å²) in [5.74, 6) is 0.305. The number of carbonyl (C=O) groups is 2. The van der Waals surface area contributed by atoms with E-state index in [1.807, 2.05) is 34.9 Å². The molecule has 0 radical (unpaired) electrons. The molecule has 1 aliphatic carbocycles. The lowest BCUT2D eigenvalue weighted by atomic mass is 9.74. The van der Waals surface area contributed by atoms with Crippen molar-refractivity contribution in [3.8, 4) is 0 Å². The summed E-state index contributed by atoms with van der Waals surface area (Å²) >= 11 is 0. The van der Waals surface area contributed by atoms with Crippen molar-refractivity contribution in [1.29, 1.82) is 0 Å².